The molecule has 1 aliphatic carbocycles. The van der Waals surface area contributed by atoms with Gasteiger partial charge in [-0.3, -0.25) is 0 Å². The van der Waals surface area contributed by atoms with Crippen molar-refractivity contribution < 1.29 is 9.47 Å². The Balaban J connectivity index is 2.48. The maximum atomic E-state index is 5.44. The van der Waals surface area contributed by atoms with Crippen LogP contribution in [0.15, 0.2) is 0 Å². The first-order chi connectivity index (χ1) is 5.79. The molecule has 0 aliphatic heterocycles. The van der Waals surface area contributed by atoms with Crippen LogP contribution in [-0.2, 0) is 9.47 Å². The minimum atomic E-state index is -0.183. The van der Waals surface area contributed by atoms with Crippen LogP contribution in [0.1, 0.15) is 26.7 Å². The first-order valence-corrected chi connectivity index (χ1v) is 4.50. The van der Waals surface area contributed by atoms with E-state index in [1.165, 1.54) is 0 Å². The Labute approximate surface area is 74.2 Å². The van der Waals surface area contributed by atoms with E-state index in [9.17, 15) is 0 Å². The molecule has 0 heterocycles. The van der Waals surface area contributed by atoms with Gasteiger partial charge in [-0.1, -0.05) is 5.92 Å². The molecule has 0 bridgehead atoms. The van der Waals surface area contributed by atoms with Gasteiger partial charge in [-0.2, -0.15) is 0 Å². The van der Waals surface area contributed by atoms with Crippen LogP contribution in [-0.4, -0.2) is 19.5 Å². The molecule has 0 N–H and O–H groups in total. The van der Waals surface area contributed by atoms with Gasteiger partial charge in [0, 0.05) is 13.2 Å². The zero-order valence-corrected chi connectivity index (χ0v) is 7.80. The molecule has 0 atom stereocenters. The molecule has 2 nitrogen and oxygen atoms in total. The summed E-state index contributed by atoms with van der Waals surface area (Å²) in [4.78, 5) is 0. The Bertz CT molecular complexity index is 171. The van der Waals surface area contributed by atoms with Crippen LogP contribution < -0.4 is 0 Å². The molecule has 0 aromatic rings. The molecule has 0 amide bonds. The maximum Gasteiger partial charge on any atom is 0.173 e. The summed E-state index contributed by atoms with van der Waals surface area (Å²) < 4.78 is 10.9. The molecule has 2 heteroatoms. The monoisotopic (exact) mass is 168 g/mol. The van der Waals surface area contributed by atoms with E-state index in [2.05, 4.69) is 5.92 Å². The number of ether oxygens (including phenoxy) is 2. The fraction of sp³-hybridized carbons (Fsp3) is 0.800. The molecule has 1 rings (SSSR count). The topological polar surface area (TPSA) is 18.5 Å². The molecule has 0 aromatic carbocycles. The third-order valence-corrected chi connectivity index (χ3v) is 2.16. The standard InChI is InChI=1S/C10H16O2/c1-4-10(7-8-10)9(11-5-2)12-6-3/h1,9H,5-8H2,2-3H3. The van der Waals surface area contributed by atoms with Crippen LogP contribution in [0, 0.1) is 17.8 Å². The minimum absolute atomic E-state index is 0.105. The van der Waals surface area contributed by atoms with Crippen molar-refractivity contribution in [2.75, 3.05) is 13.2 Å². The highest BCUT2D eigenvalue weighted by molar-refractivity contribution is 5.16. The van der Waals surface area contributed by atoms with E-state index in [0.717, 1.165) is 12.8 Å². The molecule has 1 aliphatic rings. The van der Waals surface area contributed by atoms with Crippen molar-refractivity contribution in [3.05, 3.63) is 0 Å². The lowest BCUT2D eigenvalue weighted by Gasteiger charge is -2.21. The fourth-order valence-electron chi connectivity index (χ4n) is 1.25. The van der Waals surface area contributed by atoms with Crippen molar-refractivity contribution >= 4 is 0 Å². The highest BCUT2D eigenvalue weighted by Gasteiger charge is 2.49. The van der Waals surface area contributed by atoms with E-state index in [0.29, 0.717) is 13.2 Å². The quantitative estimate of drug-likeness (QED) is 0.460. The summed E-state index contributed by atoms with van der Waals surface area (Å²) in [6.45, 7) is 5.24. The predicted octanol–water partition coefficient (Wildman–Crippen LogP) is 1.80. The molecule has 0 spiro atoms. The van der Waals surface area contributed by atoms with Crippen molar-refractivity contribution in [3.63, 3.8) is 0 Å². The van der Waals surface area contributed by atoms with Crippen LogP contribution in [0.5, 0.6) is 0 Å². The van der Waals surface area contributed by atoms with E-state index < -0.39 is 0 Å². The third kappa shape index (κ3) is 1.80. The zero-order valence-electron chi connectivity index (χ0n) is 7.80. The van der Waals surface area contributed by atoms with E-state index in [1.54, 1.807) is 0 Å². The summed E-state index contributed by atoms with van der Waals surface area (Å²) in [6, 6.07) is 0. The first kappa shape index (κ1) is 9.57. The normalized spacial score (nSPS) is 19.2. The van der Waals surface area contributed by atoms with Crippen molar-refractivity contribution in [2.45, 2.75) is 33.0 Å². The predicted molar refractivity (Wildman–Crippen MR) is 47.5 cm³/mol. The maximum absolute atomic E-state index is 5.44. The van der Waals surface area contributed by atoms with Gasteiger partial charge >= 0.3 is 0 Å². The van der Waals surface area contributed by atoms with Crippen LogP contribution in [0.3, 0.4) is 0 Å². The first-order valence-electron chi connectivity index (χ1n) is 4.50. The molecular formula is C10H16O2. The second kappa shape index (κ2) is 3.93. The summed E-state index contributed by atoms with van der Waals surface area (Å²) >= 11 is 0. The van der Waals surface area contributed by atoms with Gasteiger partial charge in [0.15, 0.2) is 6.29 Å². The Morgan fingerprint density at radius 2 is 1.83 bits per heavy atom. The van der Waals surface area contributed by atoms with E-state index in [4.69, 9.17) is 15.9 Å². The summed E-state index contributed by atoms with van der Waals surface area (Å²) in [5.74, 6) is 2.77. The van der Waals surface area contributed by atoms with Crippen molar-refractivity contribution in [2.24, 2.45) is 5.41 Å². The molecule has 0 saturated heterocycles. The average molecular weight is 168 g/mol. The van der Waals surface area contributed by atoms with Gasteiger partial charge in [-0.05, 0) is 26.7 Å². The largest absolute Gasteiger partial charge is 0.351 e. The summed E-state index contributed by atoms with van der Waals surface area (Å²) in [5.41, 5.74) is -0.105. The number of terminal acetylenes is 1. The lowest BCUT2D eigenvalue weighted by molar-refractivity contribution is -0.163. The smallest absolute Gasteiger partial charge is 0.173 e. The molecule has 0 aromatic heterocycles. The minimum Gasteiger partial charge on any atom is -0.351 e. The second-order valence-corrected chi connectivity index (χ2v) is 3.04. The number of hydrogen-bond donors (Lipinski definition) is 0. The number of hydrogen-bond acceptors (Lipinski definition) is 2. The molecule has 68 valence electrons. The lowest BCUT2D eigenvalue weighted by Crippen LogP contribution is -2.27. The zero-order chi connectivity index (χ0) is 9.03. The van der Waals surface area contributed by atoms with Crippen LogP contribution in [0.4, 0.5) is 0 Å². The van der Waals surface area contributed by atoms with Crippen LogP contribution >= 0.6 is 0 Å². The highest BCUT2D eigenvalue weighted by Crippen LogP contribution is 2.49. The Hall–Kier alpha value is -0.520. The molecule has 0 unspecified atom stereocenters. The average Bonchev–Trinajstić information content (AvgIpc) is 2.85. The molecule has 1 saturated carbocycles. The Morgan fingerprint density at radius 1 is 1.33 bits per heavy atom. The molecule has 1 fully saturated rings. The van der Waals surface area contributed by atoms with E-state index in [-0.39, 0.29) is 11.7 Å². The lowest BCUT2D eigenvalue weighted by atomic mass is 10.1. The van der Waals surface area contributed by atoms with Gasteiger partial charge in [0.1, 0.15) is 0 Å². The molecule has 0 radical (unpaired) electrons. The van der Waals surface area contributed by atoms with E-state index in [1.807, 2.05) is 13.8 Å². The van der Waals surface area contributed by atoms with Crippen molar-refractivity contribution in [3.8, 4) is 12.3 Å². The summed E-state index contributed by atoms with van der Waals surface area (Å²) in [6.07, 6.45) is 7.31. The Morgan fingerprint density at radius 3 is 2.08 bits per heavy atom. The van der Waals surface area contributed by atoms with E-state index >= 15 is 0 Å². The Kier molecular flexibility index (Phi) is 3.13. The van der Waals surface area contributed by atoms with Crippen LogP contribution in [0.2, 0.25) is 0 Å². The fourth-order valence-corrected chi connectivity index (χ4v) is 1.25. The third-order valence-electron chi connectivity index (χ3n) is 2.16. The van der Waals surface area contributed by atoms with Gasteiger partial charge in [-0.25, -0.2) is 0 Å². The van der Waals surface area contributed by atoms with Gasteiger partial charge in [0.2, 0.25) is 0 Å². The summed E-state index contributed by atoms with van der Waals surface area (Å²) in [7, 11) is 0. The highest BCUT2D eigenvalue weighted by atomic mass is 16.7. The second-order valence-electron chi connectivity index (χ2n) is 3.04. The molecule has 12 heavy (non-hydrogen) atoms. The van der Waals surface area contributed by atoms with Gasteiger partial charge < -0.3 is 9.47 Å². The number of rotatable bonds is 5. The van der Waals surface area contributed by atoms with Gasteiger partial charge in [-0.15, -0.1) is 6.42 Å². The van der Waals surface area contributed by atoms with Gasteiger partial charge in [0.25, 0.3) is 0 Å². The molecular weight excluding hydrogens is 152 g/mol. The van der Waals surface area contributed by atoms with Crippen LogP contribution in [0.25, 0.3) is 0 Å². The van der Waals surface area contributed by atoms with Crippen molar-refractivity contribution in [1.29, 1.82) is 0 Å². The summed E-state index contributed by atoms with van der Waals surface area (Å²) in [5, 5.41) is 0. The van der Waals surface area contributed by atoms with Crippen molar-refractivity contribution in [1.82, 2.24) is 0 Å². The van der Waals surface area contributed by atoms with Gasteiger partial charge in [0.05, 0.1) is 5.41 Å². The SMILES string of the molecule is C#CC1(C(OCC)OCC)CC1.